The molecule has 4 aliphatic rings. The van der Waals surface area contributed by atoms with Gasteiger partial charge in [-0.1, -0.05) is 0 Å². The van der Waals surface area contributed by atoms with Crippen LogP contribution in [0.15, 0.2) is 0 Å². The lowest BCUT2D eigenvalue weighted by Gasteiger charge is -2.59. The quantitative estimate of drug-likeness (QED) is 0.552. The van der Waals surface area contributed by atoms with Gasteiger partial charge in [0.05, 0.1) is 0 Å². The van der Waals surface area contributed by atoms with E-state index < -0.39 is 0 Å². The van der Waals surface area contributed by atoms with E-state index in [1.54, 1.807) is 0 Å². The summed E-state index contributed by atoms with van der Waals surface area (Å²) in [5.74, 6) is 1.92. The molecule has 0 atom stereocenters. The second-order valence-electron chi connectivity index (χ2n) is 5.41. The lowest BCUT2D eigenvalue weighted by Crippen LogP contribution is -2.54. The first-order chi connectivity index (χ1) is 5.57. The zero-order valence-electron chi connectivity index (χ0n) is 7.29. The second-order valence-corrected chi connectivity index (χ2v) is 7.31. The molecule has 0 N–H and O–H groups in total. The number of rotatable bonds is 0. The molecule has 68 valence electrons. The first-order valence-electron chi connectivity index (χ1n) is 5.02. The van der Waals surface area contributed by atoms with Gasteiger partial charge in [0.25, 0.3) is 0 Å². The van der Waals surface area contributed by atoms with Gasteiger partial charge < -0.3 is 0 Å². The SMILES string of the molecule is SC12CC3CC(C1)CC(S)(C3)C2. The van der Waals surface area contributed by atoms with E-state index in [4.69, 9.17) is 25.3 Å². The topological polar surface area (TPSA) is 0 Å². The van der Waals surface area contributed by atoms with Crippen LogP contribution in [0, 0.1) is 11.8 Å². The Bertz CT molecular complexity index is 190. The molecule has 4 rings (SSSR count). The molecule has 0 amide bonds. The van der Waals surface area contributed by atoms with Crippen molar-refractivity contribution in [3.8, 4) is 0 Å². The minimum absolute atomic E-state index is 0.381. The summed E-state index contributed by atoms with van der Waals surface area (Å²) in [6.45, 7) is 0. The van der Waals surface area contributed by atoms with Gasteiger partial charge in [-0.2, -0.15) is 25.3 Å². The van der Waals surface area contributed by atoms with Crippen LogP contribution in [0.2, 0.25) is 0 Å². The van der Waals surface area contributed by atoms with E-state index in [2.05, 4.69) is 0 Å². The summed E-state index contributed by atoms with van der Waals surface area (Å²) in [6.07, 6.45) is 8.22. The molecule has 0 aromatic rings. The van der Waals surface area contributed by atoms with E-state index in [0.717, 1.165) is 11.8 Å². The average molecular weight is 200 g/mol. The number of thiol groups is 2. The van der Waals surface area contributed by atoms with Crippen molar-refractivity contribution in [3.05, 3.63) is 0 Å². The van der Waals surface area contributed by atoms with Crippen LogP contribution in [0.1, 0.15) is 38.5 Å². The van der Waals surface area contributed by atoms with Gasteiger partial charge in [0.15, 0.2) is 0 Å². The van der Waals surface area contributed by atoms with Crippen LogP contribution in [0.25, 0.3) is 0 Å². The molecule has 0 unspecified atom stereocenters. The predicted molar refractivity (Wildman–Crippen MR) is 58.1 cm³/mol. The molecule has 0 spiro atoms. The summed E-state index contributed by atoms with van der Waals surface area (Å²) in [5.41, 5.74) is 0. The Morgan fingerprint density at radius 2 is 1.25 bits per heavy atom. The van der Waals surface area contributed by atoms with Crippen molar-refractivity contribution in [3.63, 3.8) is 0 Å². The second kappa shape index (κ2) is 2.20. The van der Waals surface area contributed by atoms with Crippen molar-refractivity contribution in [2.45, 2.75) is 48.0 Å². The van der Waals surface area contributed by atoms with Gasteiger partial charge in [0.1, 0.15) is 0 Å². The fourth-order valence-electron chi connectivity index (χ4n) is 4.17. The Morgan fingerprint density at radius 1 is 0.833 bits per heavy atom. The molecule has 4 fully saturated rings. The van der Waals surface area contributed by atoms with Gasteiger partial charge in [-0.3, -0.25) is 0 Å². The highest BCUT2D eigenvalue weighted by Gasteiger charge is 2.54. The molecule has 0 aromatic carbocycles. The predicted octanol–water partition coefficient (Wildman–Crippen LogP) is 2.94. The van der Waals surface area contributed by atoms with Crippen molar-refractivity contribution in [1.82, 2.24) is 0 Å². The summed E-state index contributed by atoms with van der Waals surface area (Å²) in [6, 6.07) is 0. The molecule has 0 saturated heterocycles. The van der Waals surface area contributed by atoms with E-state index in [-0.39, 0.29) is 0 Å². The third-order valence-electron chi connectivity index (χ3n) is 4.00. The normalized spacial score (nSPS) is 62.5. The fourth-order valence-corrected chi connectivity index (χ4v) is 5.93. The van der Waals surface area contributed by atoms with Gasteiger partial charge in [0.2, 0.25) is 0 Å². The maximum Gasteiger partial charge on any atom is 0.0148 e. The molecule has 0 aromatic heterocycles. The Hall–Kier alpha value is 0.700. The first kappa shape index (κ1) is 8.05. The lowest BCUT2D eigenvalue weighted by atomic mass is 9.55. The highest BCUT2D eigenvalue weighted by Crippen LogP contribution is 2.61. The molecule has 0 aliphatic heterocycles. The fraction of sp³-hybridized carbons (Fsp3) is 1.00. The smallest absolute Gasteiger partial charge is 0.0148 e. The molecule has 4 aliphatic carbocycles. The summed E-state index contributed by atoms with van der Waals surface area (Å²) in [4.78, 5) is 0. The largest absolute Gasteiger partial charge is 0.172 e. The van der Waals surface area contributed by atoms with Crippen molar-refractivity contribution in [2.75, 3.05) is 0 Å². The van der Waals surface area contributed by atoms with Crippen molar-refractivity contribution in [1.29, 1.82) is 0 Å². The van der Waals surface area contributed by atoms with Crippen molar-refractivity contribution in [2.24, 2.45) is 11.8 Å². The maximum absolute atomic E-state index is 4.86. The van der Waals surface area contributed by atoms with Gasteiger partial charge in [-0.15, -0.1) is 0 Å². The molecule has 12 heavy (non-hydrogen) atoms. The van der Waals surface area contributed by atoms with Crippen LogP contribution in [0.4, 0.5) is 0 Å². The average Bonchev–Trinajstić information content (AvgIpc) is 1.75. The highest BCUT2D eigenvalue weighted by molar-refractivity contribution is 7.83. The Morgan fingerprint density at radius 3 is 1.58 bits per heavy atom. The van der Waals surface area contributed by atoms with Crippen LogP contribution in [0.3, 0.4) is 0 Å². The van der Waals surface area contributed by atoms with Gasteiger partial charge >= 0.3 is 0 Å². The summed E-state index contributed by atoms with van der Waals surface area (Å²) >= 11 is 9.71. The van der Waals surface area contributed by atoms with Crippen LogP contribution in [-0.4, -0.2) is 9.49 Å². The Labute approximate surface area is 85.3 Å². The van der Waals surface area contributed by atoms with Gasteiger partial charge in [-0.25, -0.2) is 0 Å². The van der Waals surface area contributed by atoms with E-state index in [1.807, 2.05) is 0 Å². The standard InChI is InChI=1S/C10H16S2/c11-9-2-7-1-8(4-9)5-10(12,3-7)6-9/h7-8,11-12H,1-6H2. The highest BCUT2D eigenvalue weighted by atomic mass is 32.1. The third-order valence-corrected chi connectivity index (χ3v) is 5.05. The molecule has 0 radical (unpaired) electrons. The molecule has 0 nitrogen and oxygen atoms in total. The van der Waals surface area contributed by atoms with Crippen LogP contribution >= 0.6 is 25.3 Å². The summed E-state index contributed by atoms with van der Waals surface area (Å²) in [5, 5.41) is 0. The number of hydrogen-bond acceptors (Lipinski definition) is 2. The maximum atomic E-state index is 4.86. The molecule has 0 heterocycles. The van der Waals surface area contributed by atoms with E-state index in [0.29, 0.717) is 9.49 Å². The van der Waals surface area contributed by atoms with Gasteiger partial charge in [-0.05, 0) is 50.4 Å². The van der Waals surface area contributed by atoms with Crippen molar-refractivity contribution < 1.29 is 0 Å². The molecule has 4 bridgehead atoms. The zero-order valence-corrected chi connectivity index (χ0v) is 9.08. The minimum atomic E-state index is 0.381. The molecular weight excluding hydrogens is 184 g/mol. The van der Waals surface area contributed by atoms with Crippen LogP contribution < -0.4 is 0 Å². The number of hydrogen-bond donors (Lipinski definition) is 2. The Kier molecular flexibility index (Phi) is 1.47. The molecule has 4 saturated carbocycles. The van der Waals surface area contributed by atoms with E-state index >= 15 is 0 Å². The molecule has 2 heteroatoms. The van der Waals surface area contributed by atoms with Crippen LogP contribution in [-0.2, 0) is 0 Å². The summed E-state index contributed by atoms with van der Waals surface area (Å²) in [7, 11) is 0. The lowest BCUT2D eigenvalue weighted by molar-refractivity contribution is 0.0594. The zero-order chi connectivity index (χ0) is 8.40. The first-order valence-corrected chi connectivity index (χ1v) is 5.91. The van der Waals surface area contributed by atoms with E-state index in [1.165, 1.54) is 38.5 Å². The van der Waals surface area contributed by atoms with Crippen LogP contribution in [0.5, 0.6) is 0 Å². The third kappa shape index (κ3) is 1.07. The van der Waals surface area contributed by atoms with Gasteiger partial charge in [0, 0.05) is 9.49 Å². The Balaban J connectivity index is 1.98. The monoisotopic (exact) mass is 200 g/mol. The molecular formula is C10H16S2. The van der Waals surface area contributed by atoms with Crippen molar-refractivity contribution >= 4 is 25.3 Å². The van der Waals surface area contributed by atoms with E-state index in [9.17, 15) is 0 Å². The minimum Gasteiger partial charge on any atom is -0.172 e. The summed E-state index contributed by atoms with van der Waals surface area (Å²) < 4.78 is 0.762.